The van der Waals surface area contributed by atoms with Crippen molar-refractivity contribution >= 4 is 35.2 Å². The maximum atomic E-state index is 13.3. The molecule has 0 aliphatic carbocycles. The molecule has 162 valence electrons. The highest BCUT2D eigenvalue weighted by Crippen LogP contribution is 2.39. The van der Waals surface area contributed by atoms with Crippen molar-refractivity contribution in [2.45, 2.75) is 42.4 Å². The SMILES string of the molecule is CC(NC(=O)CN1C(=O)C(C(=O)N2CCCCC2)Sc2ccccc21)c1ccccc1. The van der Waals surface area contributed by atoms with Crippen molar-refractivity contribution in [3.05, 3.63) is 60.2 Å². The molecule has 0 bridgehead atoms. The van der Waals surface area contributed by atoms with Crippen molar-refractivity contribution in [1.82, 2.24) is 10.2 Å². The van der Waals surface area contributed by atoms with Gasteiger partial charge in [0.05, 0.1) is 11.7 Å². The topological polar surface area (TPSA) is 69.7 Å². The van der Waals surface area contributed by atoms with E-state index >= 15 is 0 Å². The van der Waals surface area contributed by atoms with E-state index in [4.69, 9.17) is 0 Å². The number of rotatable bonds is 5. The minimum atomic E-state index is -0.840. The number of amides is 3. The minimum absolute atomic E-state index is 0.114. The molecule has 1 N–H and O–H groups in total. The molecular formula is C24H27N3O3S. The summed E-state index contributed by atoms with van der Waals surface area (Å²) in [5, 5.41) is 2.13. The summed E-state index contributed by atoms with van der Waals surface area (Å²) in [6.07, 6.45) is 3.05. The summed E-state index contributed by atoms with van der Waals surface area (Å²) in [6, 6.07) is 17.0. The van der Waals surface area contributed by atoms with Crippen molar-refractivity contribution in [3.8, 4) is 0 Å². The minimum Gasteiger partial charge on any atom is -0.348 e. The first kappa shape index (κ1) is 21.4. The van der Waals surface area contributed by atoms with Gasteiger partial charge in [-0.2, -0.15) is 0 Å². The zero-order chi connectivity index (χ0) is 21.8. The van der Waals surface area contributed by atoms with Gasteiger partial charge >= 0.3 is 0 Å². The highest BCUT2D eigenvalue weighted by molar-refractivity contribution is 8.01. The van der Waals surface area contributed by atoms with E-state index in [1.165, 1.54) is 16.7 Å². The van der Waals surface area contributed by atoms with Crippen LogP contribution in [0.15, 0.2) is 59.5 Å². The Morgan fingerprint density at radius 1 is 1.03 bits per heavy atom. The Balaban J connectivity index is 1.51. The Labute approximate surface area is 187 Å². The fourth-order valence-corrected chi connectivity index (χ4v) is 5.26. The normalized spacial score (nSPS) is 19.5. The van der Waals surface area contributed by atoms with Crippen LogP contribution in [0.1, 0.15) is 37.8 Å². The quantitative estimate of drug-likeness (QED) is 0.728. The van der Waals surface area contributed by atoms with Gasteiger partial charge in [0.1, 0.15) is 6.54 Å². The van der Waals surface area contributed by atoms with Crippen LogP contribution in [0, 0.1) is 0 Å². The second-order valence-electron chi connectivity index (χ2n) is 7.98. The van der Waals surface area contributed by atoms with Gasteiger partial charge in [-0.25, -0.2) is 0 Å². The largest absolute Gasteiger partial charge is 0.348 e. The molecule has 0 aromatic heterocycles. The second kappa shape index (κ2) is 9.56. The maximum Gasteiger partial charge on any atom is 0.250 e. The lowest BCUT2D eigenvalue weighted by molar-refractivity contribution is -0.136. The summed E-state index contributed by atoms with van der Waals surface area (Å²) >= 11 is 1.29. The Morgan fingerprint density at radius 3 is 2.45 bits per heavy atom. The molecule has 2 aromatic carbocycles. The van der Waals surface area contributed by atoms with Crippen LogP contribution in [0.5, 0.6) is 0 Å². The Kier molecular flexibility index (Phi) is 6.61. The van der Waals surface area contributed by atoms with Crippen LogP contribution in [0.2, 0.25) is 0 Å². The van der Waals surface area contributed by atoms with Crippen LogP contribution in [-0.4, -0.2) is 47.5 Å². The molecule has 0 spiro atoms. The molecule has 2 aliphatic rings. The standard InChI is InChI=1S/C24H27N3O3S/c1-17(18-10-4-2-5-11-18)25-21(28)16-27-19-12-6-7-13-20(19)31-22(24(27)30)23(29)26-14-8-3-9-15-26/h2,4-7,10-13,17,22H,3,8-9,14-16H2,1H3,(H,25,28). The molecule has 2 aromatic rings. The van der Waals surface area contributed by atoms with E-state index in [2.05, 4.69) is 5.32 Å². The maximum absolute atomic E-state index is 13.3. The summed E-state index contributed by atoms with van der Waals surface area (Å²) < 4.78 is 0. The molecule has 0 saturated carbocycles. The summed E-state index contributed by atoms with van der Waals surface area (Å²) in [4.78, 5) is 43.4. The van der Waals surface area contributed by atoms with Gasteiger partial charge in [0.15, 0.2) is 5.25 Å². The van der Waals surface area contributed by atoms with Gasteiger partial charge in [0.25, 0.3) is 5.91 Å². The lowest BCUT2D eigenvalue weighted by atomic mass is 10.1. The van der Waals surface area contributed by atoms with E-state index in [0.717, 1.165) is 29.7 Å². The lowest BCUT2D eigenvalue weighted by Crippen LogP contribution is -2.52. The Hall–Kier alpha value is -2.80. The first-order valence-electron chi connectivity index (χ1n) is 10.7. The van der Waals surface area contributed by atoms with Crippen molar-refractivity contribution in [1.29, 1.82) is 0 Å². The van der Waals surface area contributed by atoms with Gasteiger partial charge in [-0.1, -0.05) is 42.5 Å². The molecule has 3 amide bonds. The van der Waals surface area contributed by atoms with Crippen LogP contribution >= 0.6 is 11.8 Å². The van der Waals surface area contributed by atoms with Gasteiger partial charge < -0.3 is 15.1 Å². The monoisotopic (exact) mass is 437 g/mol. The van der Waals surface area contributed by atoms with E-state index in [0.29, 0.717) is 18.8 Å². The van der Waals surface area contributed by atoms with Gasteiger partial charge in [0.2, 0.25) is 11.8 Å². The van der Waals surface area contributed by atoms with Gasteiger partial charge in [-0.05, 0) is 43.9 Å². The second-order valence-corrected chi connectivity index (χ2v) is 9.12. The summed E-state index contributed by atoms with van der Waals surface area (Å²) in [6.45, 7) is 3.19. The first-order valence-corrected chi connectivity index (χ1v) is 11.6. The third-order valence-corrected chi connectivity index (χ3v) is 7.00. The average molecular weight is 438 g/mol. The number of thioether (sulfide) groups is 1. The molecule has 1 saturated heterocycles. The van der Waals surface area contributed by atoms with Gasteiger partial charge in [0, 0.05) is 18.0 Å². The van der Waals surface area contributed by atoms with E-state index in [1.54, 1.807) is 4.90 Å². The van der Waals surface area contributed by atoms with E-state index in [1.807, 2.05) is 61.5 Å². The number of carbonyl (C=O) groups excluding carboxylic acids is 3. The number of fused-ring (bicyclic) bond motifs is 1. The summed E-state index contributed by atoms with van der Waals surface area (Å²) in [5.41, 5.74) is 1.68. The molecule has 4 rings (SSSR count). The molecular weight excluding hydrogens is 410 g/mol. The Bertz CT molecular complexity index is 960. The number of hydrogen-bond acceptors (Lipinski definition) is 4. The number of para-hydroxylation sites is 1. The molecule has 31 heavy (non-hydrogen) atoms. The number of likely N-dealkylation sites (tertiary alicyclic amines) is 1. The third-order valence-electron chi connectivity index (χ3n) is 5.76. The lowest BCUT2D eigenvalue weighted by Gasteiger charge is -2.36. The third kappa shape index (κ3) is 4.77. The van der Waals surface area contributed by atoms with Crippen LogP contribution in [-0.2, 0) is 14.4 Å². The summed E-state index contributed by atoms with van der Waals surface area (Å²) in [5.74, 6) is -0.718. The number of nitrogens with one attached hydrogen (secondary N) is 1. The van der Waals surface area contributed by atoms with Gasteiger partial charge in [-0.3, -0.25) is 14.4 Å². The summed E-state index contributed by atoms with van der Waals surface area (Å²) in [7, 11) is 0. The Morgan fingerprint density at radius 2 is 1.71 bits per heavy atom. The first-order chi connectivity index (χ1) is 15.0. The molecule has 0 radical (unpaired) electrons. The number of carbonyl (C=O) groups is 3. The van der Waals surface area contributed by atoms with Crippen LogP contribution < -0.4 is 10.2 Å². The smallest absolute Gasteiger partial charge is 0.250 e. The van der Waals surface area contributed by atoms with E-state index in [9.17, 15) is 14.4 Å². The number of piperidine rings is 1. The molecule has 6 nitrogen and oxygen atoms in total. The van der Waals surface area contributed by atoms with Crippen molar-refractivity contribution in [2.24, 2.45) is 0 Å². The molecule has 7 heteroatoms. The van der Waals surface area contributed by atoms with Gasteiger partial charge in [-0.15, -0.1) is 11.8 Å². The fraction of sp³-hybridized carbons (Fsp3) is 0.375. The van der Waals surface area contributed by atoms with E-state index in [-0.39, 0.29) is 30.3 Å². The molecule has 2 atom stereocenters. The average Bonchev–Trinajstić information content (AvgIpc) is 2.81. The van der Waals surface area contributed by atoms with E-state index < -0.39 is 5.25 Å². The predicted molar refractivity (Wildman–Crippen MR) is 122 cm³/mol. The van der Waals surface area contributed by atoms with Crippen molar-refractivity contribution in [3.63, 3.8) is 0 Å². The van der Waals surface area contributed by atoms with Crippen LogP contribution in [0.3, 0.4) is 0 Å². The fourth-order valence-electron chi connectivity index (χ4n) is 4.07. The van der Waals surface area contributed by atoms with Crippen LogP contribution in [0.4, 0.5) is 5.69 Å². The number of hydrogen-bond donors (Lipinski definition) is 1. The highest BCUT2D eigenvalue weighted by atomic mass is 32.2. The molecule has 2 heterocycles. The van der Waals surface area contributed by atoms with Crippen LogP contribution in [0.25, 0.3) is 0 Å². The number of nitrogens with zero attached hydrogens (tertiary/aromatic N) is 2. The molecule has 2 unspecified atom stereocenters. The van der Waals surface area contributed by atoms with Crippen molar-refractivity contribution < 1.29 is 14.4 Å². The zero-order valence-corrected chi connectivity index (χ0v) is 18.4. The number of anilines is 1. The predicted octanol–water partition coefficient (Wildman–Crippen LogP) is 3.38. The zero-order valence-electron chi connectivity index (χ0n) is 17.6. The molecule has 1 fully saturated rings. The highest BCUT2D eigenvalue weighted by Gasteiger charge is 2.41. The molecule has 2 aliphatic heterocycles. The number of benzene rings is 2. The van der Waals surface area contributed by atoms with Crippen molar-refractivity contribution in [2.75, 3.05) is 24.5 Å².